The van der Waals surface area contributed by atoms with Crippen LogP contribution in [0.5, 0.6) is 0 Å². The van der Waals surface area contributed by atoms with Crippen LogP contribution in [0.25, 0.3) is 68.4 Å². The minimum atomic E-state index is -1.01. The molecule has 0 spiro atoms. The highest BCUT2D eigenvalue weighted by Crippen LogP contribution is 2.30. The van der Waals surface area contributed by atoms with Crippen LogP contribution in [0, 0.1) is 0 Å². The molecule has 6 aromatic rings. The lowest BCUT2D eigenvalue weighted by molar-refractivity contribution is -0.0893. The summed E-state index contributed by atoms with van der Waals surface area (Å²) < 4.78 is 12.8. The zero-order valence-corrected chi connectivity index (χ0v) is 27.1. The fraction of sp³-hybridized carbons (Fsp3) is 0.175. The molecular weight excluding hydrogens is 581 g/mol. The van der Waals surface area contributed by atoms with Crippen LogP contribution >= 0.6 is 0 Å². The van der Waals surface area contributed by atoms with Gasteiger partial charge in [0.25, 0.3) is 0 Å². The summed E-state index contributed by atoms with van der Waals surface area (Å²) >= 11 is 0. The van der Waals surface area contributed by atoms with Crippen molar-refractivity contribution < 1.29 is 14.2 Å². The Hall–Kier alpha value is -5.11. The van der Waals surface area contributed by atoms with Crippen LogP contribution in [0.2, 0.25) is 0 Å². The second-order valence-electron chi connectivity index (χ2n) is 12.9. The lowest BCUT2D eigenvalue weighted by Gasteiger charge is -2.37. The van der Waals surface area contributed by atoms with Gasteiger partial charge in [-0.2, -0.15) is 0 Å². The van der Waals surface area contributed by atoms with E-state index in [1.807, 2.05) is 74.5 Å². The monoisotopic (exact) mass is 617 g/mol. The Morgan fingerprint density at radius 1 is 0.723 bits per heavy atom. The van der Waals surface area contributed by atoms with Crippen LogP contribution in [0.3, 0.4) is 0 Å². The third-order valence-electron chi connectivity index (χ3n) is 8.98. The molecule has 0 bridgehead atoms. The number of nitrogens with zero attached hydrogens (tertiary/aromatic N) is 3. The Balaban J connectivity index is 1.32. The molecule has 7 rings (SSSR count). The van der Waals surface area contributed by atoms with Gasteiger partial charge in [-0.1, -0.05) is 121 Å². The lowest BCUT2D eigenvalue weighted by atomic mass is 9.81. The molecule has 2 aromatic heterocycles. The number of aliphatic hydroxyl groups is 1. The smallest absolute Gasteiger partial charge is 0.309 e. The van der Waals surface area contributed by atoms with E-state index in [0.29, 0.717) is 25.0 Å². The first-order valence-corrected chi connectivity index (χ1v) is 15.9. The van der Waals surface area contributed by atoms with E-state index in [2.05, 4.69) is 60.7 Å². The van der Waals surface area contributed by atoms with E-state index in [9.17, 15) is 5.11 Å². The molecule has 4 aromatic carbocycles. The molecule has 2 heterocycles. The van der Waals surface area contributed by atoms with Crippen LogP contribution in [-0.4, -0.2) is 38.7 Å². The third kappa shape index (κ3) is 6.20. The van der Waals surface area contributed by atoms with Crippen molar-refractivity contribution >= 4 is 36.1 Å². The highest BCUT2D eigenvalue weighted by molar-refractivity contribution is 6.48. The van der Waals surface area contributed by atoms with E-state index < -0.39 is 11.2 Å². The molecule has 0 amide bonds. The van der Waals surface area contributed by atoms with Gasteiger partial charge in [0.05, 0.1) is 11.2 Å². The van der Waals surface area contributed by atoms with Crippen molar-refractivity contribution in [3.63, 3.8) is 0 Å². The van der Waals surface area contributed by atoms with Crippen molar-refractivity contribution in [3.8, 4) is 45.3 Å². The highest BCUT2D eigenvalue weighted by Gasteiger charge is 2.35. The molecule has 0 saturated heterocycles. The molecule has 232 valence electrons. The maximum absolute atomic E-state index is 10.7. The molecule has 7 heteroatoms. The summed E-state index contributed by atoms with van der Waals surface area (Å²) in [6, 6.07) is 32.5. The number of aromatic nitrogens is 3. The van der Waals surface area contributed by atoms with Gasteiger partial charge in [-0.25, -0.2) is 15.0 Å². The average molecular weight is 618 g/mol. The molecule has 47 heavy (non-hydrogen) atoms. The molecule has 0 radical (unpaired) electrons. The molecule has 0 saturated carbocycles. The molecular formula is C40H36BN3O3. The highest BCUT2D eigenvalue weighted by atomic mass is 16.5. The van der Waals surface area contributed by atoms with Crippen molar-refractivity contribution in [3.05, 3.63) is 120 Å². The SMILES string of the molecule is CC(C)(O)C(C)(C)OBc1cc(-c2ccc(-c3nc(-c4ccccc4)nc(-c4ccccc4)n3)cc2)c2oc3c(c2c1)=CC=CCC=3. The van der Waals surface area contributed by atoms with E-state index in [-0.39, 0.29) is 0 Å². The van der Waals surface area contributed by atoms with Gasteiger partial charge in [0.15, 0.2) is 17.5 Å². The van der Waals surface area contributed by atoms with E-state index in [4.69, 9.17) is 24.0 Å². The van der Waals surface area contributed by atoms with Gasteiger partial charge in [0.2, 0.25) is 0 Å². The number of benzene rings is 4. The summed E-state index contributed by atoms with van der Waals surface area (Å²) in [7, 11) is 0.340. The fourth-order valence-electron chi connectivity index (χ4n) is 5.51. The average Bonchev–Trinajstić information content (AvgIpc) is 3.26. The molecule has 6 nitrogen and oxygen atoms in total. The van der Waals surface area contributed by atoms with Gasteiger partial charge in [-0.05, 0) is 45.8 Å². The Morgan fingerprint density at radius 3 is 1.85 bits per heavy atom. The standard InChI is InChI=1S/C40H36BN3O3/c1-39(2,45)40(3,4)47-41-30-24-32(35-33(25-30)31-18-12-7-13-19-34(31)46-35)26-20-22-29(23-21-26)38-43-36(27-14-8-5-9-15-27)42-37(44-38)28-16-10-6-11-17-28/h5-12,14-25,41,45H,13H2,1-4H3. The zero-order chi connectivity index (χ0) is 32.6. The molecule has 0 fully saturated rings. The maximum atomic E-state index is 10.7. The number of furan rings is 1. The number of hydrogen-bond donors (Lipinski definition) is 1. The maximum Gasteiger partial charge on any atom is 0.309 e. The van der Waals surface area contributed by atoms with Gasteiger partial charge < -0.3 is 14.2 Å². The van der Waals surface area contributed by atoms with Gasteiger partial charge in [-0.15, -0.1) is 0 Å². The van der Waals surface area contributed by atoms with Crippen LogP contribution in [-0.2, 0) is 4.65 Å². The Labute approximate surface area is 275 Å². The van der Waals surface area contributed by atoms with Crippen LogP contribution in [0.4, 0.5) is 0 Å². The van der Waals surface area contributed by atoms with Gasteiger partial charge in [0, 0.05) is 32.9 Å². The van der Waals surface area contributed by atoms with Crippen molar-refractivity contribution in [2.75, 3.05) is 0 Å². The molecule has 0 aliphatic heterocycles. The van der Waals surface area contributed by atoms with Crippen molar-refractivity contribution in [1.82, 2.24) is 15.0 Å². The third-order valence-corrected chi connectivity index (χ3v) is 8.98. The first kappa shape index (κ1) is 30.5. The van der Waals surface area contributed by atoms with Gasteiger partial charge >= 0.3 is 7.48 Å². The van der Waals surface area contributed by atoms with E-state index in [1.165, 1.54) is 0 Å². The summed E-state index contributed by atoms with van der Waals surface area (Å²) in [5, 5.41) is 12.8. The predicted molar refractivity (Wildman–Crippen MR) is 192 cm³/mol. The molecule has 1 aliphatic rings. The zero-order valence-electron chi connectivity index (χ0n) is 27.1. The summed E-state index contributed by atoms with van der Waals surface area (Å²) in [5.41, 5.74) is 5.65. The van der Waals surface area contributed by atoms with Crippen LogP contribution in [0.1, 0.15) is 34.1 Å². The van der Waals surface area contributed by atoms with Gasteiger partial charge in [-0.3, -0.25) is 0 Å². The molecule has 0 unspecified atom stereocenters. The van der Waals surface area contributed by atoms with Crippen LogP contribution in [0.15, 0.2) is 114 Å². The quantitative estimate of drug-likeness (QED) is 0.201. The number of rotatable bonds is 8. The predicted octanol–water partition coefficient (Wildman–Crippen LogP) is 6.35. The molecule has 1 N–H and O–H groups in total. The number of allylic oxidation sites excluding steroid dienone is 2. The van der Waals surface area contributed by atoms with Crippen molar-refractivity contribution in [2.24, 2.45) is 0 Å². The van der Waals surface area contributed by atoms with E-state index >= 15 is 0 Å². The lowest BCUT2D eigenvalue weighted by Crippen LogP contribution is -2.49. The minimum Gasteiger partial charge on any atom is -0.456 e. The van der Waals surface area contributed by atoms with Gasteiger partial charge in [0.1, 0.15) is 11.0 Å². The second-order valence-corrected chi connectivity index (χ2v) is 12.9. The first-order chi connectivity index (χ1) is 22.7. The van der Waals surface area contributed by atoms with E-state index in [0.717, 1.165) is 61.3 Å². The van der Waals surface area contributed by atoms with E-state index in [1.54, 1.807) is 13.8 Å². The first-order valence-electron chi connectivity index (χ1n) is 15.9. The summed E-state index contributed by atoms with van der Waals surface area (Å²) in [4.78, 5) is 14.6. The summed E-state index contributed by atoms with van der Waals surface area (Å²) in [6.07, 6.45) is 9.23. The van der Waals surface area contributed by atoms with Crippen molar-refractivity contribution in [1.29, 1.82) is 0 Å². The Morgan fingerprint density at radius 2 is 1.28 bits per heavy atom. The molecule has 0 atom stereocenters. The number of hydrogen-bond acceptors (Lipinski definition) is 6. The Kier molecular flexibility index (Phi) is 7.96. The fourth-order valence-corrected chi connectivity index (χ4v) is 5.51. The summed E-state index contributed by atoms with van der Waals surface area (Å²) in [6.45, 7) is 7.37. The normalized spacial score (nSPS) is 13.0. The second kappa shape index (κ2) is 12.2. The molecule has 1 aliphatic carbocycles. The van der Waals surface area contributed by atoms with Crippen molar-refractivity contribution in [2.45, 2.75) is 45.3 Å². The topological polar surface area (TPSA) is 81.3 Å². The largest absolute Gasteiger partial charge is 0.456 e. The number of fused-ring (bicyclic) bond motifs is 3. The Bertz CT molecular complexity index is 2160. The summed E-state index contributed by atoms with van der Waals surface area (Å²) in [5.74, 6) is 1.85. The van der Waals surface area contributed by atoms with Crippen LogP contribution < -0.4 is 16.1 Å². The minimum absolute atomic E-state index is 0.340.